The number of benzene rings is 1. The van der Waals surface area contributed by atoms with Crippen LogP contribution in [0.4, 0.5) is 4.39 Å². The normalized spacial score (nSPS) is 18.9. The Kier molecular flexibility index (Phi) is 3.97. The molecule has 0 saturated carbocycles. The fourth-order valence-corrected chi connectivity index (χ4v) is 2.40. The summed E-state index contributed by atoms with van der Waals surface area (Å²) in [6.45, 7) is 1.71. The average molecular weight is 275 g/mol. The third-order valence-corrected chi connectivity index (χ3v) is 3.50. The molecule has 3 rings (SSSR count). The lowest BCUT2D eigenvalue weighted by atomic mass is 10.1. The molecule has 1 aliphatic heterocycles. The highest BCUT2D eigenvalue weighted by Gasteiger charge is 2.13. The van der Waals surface area contributed by atoms with Gasteiger partial charge >= 0.3 is 0 Å². The summed E-state index contributed by atoms with van der Waals surface area (Å²) in [6, 6.07) is 6.75. The second kappa shape index (κ2) is 6.05. The quantitative estimate of drug-likeness (QED) is 0.932. The van der Waals surface area contributed by atoms with Crippen LogP contribution in [0.2, 0.25) is 0 Å². The molecule has 1 saturated heterocycles. The van der Waals surface area contributed by atoms with Gasteiger partial charge < -0.3 is 10.1 Å². The molecule has 2 heterocycles. The minimum Gasteiger partial charge on any atom is -0.489 e. The number of hydrogen-bond acceptors (Lipinski definition) is 3. The Morgan fingerprint density at radius 3 is 3.15 bits per heavy atom. The number of nitrogens with zero attached hydrogens (tertiary/aromatic N) is 2. The minimum atomic E-state index is -0.271. The maximum Gasteiger partial charge on any atom is 0.157 e. The Morgan fingerprint density at radius 2 is 2.35 bits per heavy atom. The van der Waals surface area contributed by atoms with E-state index in [0.29, 0.717) is 24.1 Å². The summed E-state index contributed by atoms with van der Waals surface area (Å²) in [4.78, 5) is 0. The number of rotatable bonds is 4. The number of hydrogen-bond donors (Lipinski definition) is 1. The minimum absolute atomic E-state index is 0.271. The summed E-state index contributed by atoms with van der Waals surface area (Å²) in [6.07, 6.45) is 7.08. The van der Waals surface area contributed by atoms with Crippen molar-refractivity contribution in [3.63, 3.8) is 0 Å². The Labute approximate surface area is 117 Å². The van der Waals surface area contributed by atoms with Crippen molar-refractivity contribution in [2.45, 2.75) is 25.3 Å². The van der Waals surface area contributed by atoms with Crippen molar-refractivity contribution in [1.29, 1.82) is 0 Å². The topological polar surface area (TPSA) is 39.1 Å². The van der Waals surface area contributed by atoms with E-state index >= 15 is 0 Å². The molecular formula is C15H18FN3O. The third kappa shape index (κ3) is 3.17. The van der Waals surface area contributed by atoms with Crippen molar-refractivity contribution in [2.75, 3.05) is 13.2 Å². The van der Waals surface area contributed by atoms with Gasteiger partial charge in [0.25, 0.3) is 0 Å². The van der Waals surface area contributed by atoms with Crippen LogP contribution < -0.4 is 10.1 Å². The van der Waals surface area contributed by atoms with Gasteiger partial charge in [-0.2, -0.15) is 5.10 Å². The molecule has 1 aromatic carbocycles. The number of piperidine rings is 1. The Hall–Kier alpha value is -1.88. The monoisotopic (exact) mass is 275 g/mol. The average Bonchev–Trinajstić information content (AvgIpc) is 2.95. The number of aromatic nitrogens is 2. The third-order valence-electron chi connectivity index (χ3n) is 3.50. The lowest BCUT2D eigenvalue weighted by Crippen LogP contribution is -2.38. The molecule has 1 fully saturated rings. The molecule has 0 amide bonds. The van der Waals surface area contributed by atoms with E-state index in [0.717, 1.165) is 13.0 Å². The van der Waals surface area contributed by atoms with Gasteiger partial charge in [0.15, 0.2) is 5.75 Å². The first-order valence-corrected chi connectivity index (χ1v) is 6.98. The van der Waals surface area contributed by atoms with Gasteiger partial charge in [0.05, 0.1) is 18.1 Å². The molecule has 1 aliphatic rings. The van der Waals surface area contributed by atoms with Crippen molar-refractivity contribution >= 4 is 0 Å². The van der Waals surface area contributed by atoms with Crippen LogP contribution in [-0.4, -0.2) is 29.0 Å². The van der Waals surface area contributed by atoms with Crippen LogP contribution in [0.3, 0.4) is 0 Å². The van der Waals surface area contributed by atoms with Crippen molar-refractivity contribution < 1.29 is 9.13 Å². The van der Waals surface area contributed by atoms with Crippen molar-refractivity contribution in [3.8, 4) is 11.4 Å². The first-order valence-electron chi connectivity index (χ1n) is 6.98. The summed E-state index contributed by atoms with van der Waals surface area (Å²) in [5, 5.41) is 7.63. The van der Waals surface area contributed by atoms with E-state index in [1.54, 1.807) is 23.1 Å². The van der Waals surface area contributed by atoms with Crippen LogP contribution in [0.5, 0.6) is 5.75 Å². The Bertz CT molecular complexity index is 564. The van der Waals surface area contributed by atoms with Gasteiger partial charge in [-0.25, -0.2) is 9.07 Å². The zero-order valence-electron chi connectivity index (χ0n) is 11.3. The van der Waals surface area contributed by atoms with Crippen molar-refractivity contribution in [2.24, 2.45) is 0 Å². The standard InChI is InChI=1S/C15H18FN3O/c16-12-4-3-6-14(8-12)19-10-15(9-18-19)20-11-13-5-1-2-7-17-13/h3-4,6,8-10,13,17H,1-2,5,7,11H2. The molecule has 1 atom stereocenters. The number of nitrogens with one attached hydrogen (secondary N) is 1. The van der Waals surface area contributed by atoms with Crippen LogP contribution >= 0.6 is 0 Å². The summed E-state index contributed by atoms with van der Waals surface area (Å²) in [7, 11) is 0. The van der Waals surface area contributed by atoms with E-state index in [1.165, 1.54) is 25.0 Å². The molecule has 106 valence electrons. The first-order chi connectivity index (χ1) is 9.81. The molecular weight excluding hydrogens is 257 g/mol. The predicted octanol–water partition coefficient (Wildman–Crippen LogP) is 2.53. The molecule has 5 heteroatoms. The van der Waals surface area contributed by atoms with E-state index < -0.39 is 0 Å². The lowest BCUT2D eigenvalue weighted by molar-refractivity contribution is 0.239. The van der Waals surface area contributed by atoms with Crippen LogP contribution in [0.15, 0.2) is 36.7 Å². The van der Waals surface area contributed by atoms with Gasteiger partial charge in [-0.1, -0.05) is 12.5 Å². The summed E-state index contributed by atoms with van der Waals surface area (Å²) >= 11 is 0. The van der Waals surface area contributed by atoms with E-state index in [-0.39, 0.29) is 5.82 Å². The zero-order chi connectivity index (χ0) is 13.8. The first kappa shape index (κ1) is 13.1. The van der Waals surface area contributed by atoms with E-state index in [9.17, 15) is 4.39 Å². The van der Waals surface area contributed by atoms with Gasteiger partial charge in [0, 0.05) is 6.04 Å². The molecule has 1 aromatic heterocycles. The van der Waals surface area contributed by atoms with E-state index in [1.807, 2.05) is 6.07 Å². The summed E-state index contributed by atoms with van der Waals surface area (Å²) in [5.74, 6) is 0.438. The van der Waals surface area contributed by atoms with Crippen LogP contribution in [0.1, 0.15) is 19.3 Å². The number of halogens is 1. The second-order valence-electron chi connectivity index (χ2n) is 5.06. The van der Waals surface area contributed by atoms with E-state index in [4.69, 9.17) is 4.74 Å². The fraction of sp³-hybridized carbons (Fsp3) is 0.400. The molecule has 0 spiro atoms. The molecule has 2 aromatic rings. The molecule has 0 radical (unpaired) electrons. The molecule has 20 heavy (non-hydrogen) atoms. The molecule has 0 aliphatic carbocycles. The van der Waals surface area contributed by atoms with Crippen LogP contribution in [-0.2, 0) is 0 Å². The SMILES string of the molecule is Fc1cccc(-n2cc(OCC3CCCCN3)cn2)c1. The molecule has 0 bridgehead atoms. The van der Waals surface area contributed by atoms with Gasteiger partial charge in [0.1, 0.15) is 12.4 Å². The predicted molar refractivity (Wildman–Crippen MR) is 74.7 cm³/mol. The fourth-order valence-electron chi connectivity index (χ4n) is 2.40. The van der Waals surface area contributed by atoms with Crippen LogP contribution in [0.25, 0.3) is 5.69 Å². The maximum atomic E-state index is 13.2. The van der Waals surface area contributed by atoms with E-state index in [2.05, 4.69) is 10.4 Å². The highest BCUT2D eigenvalue weighted by atomic mass is 19.1. The van der Waals surface area contributed by atoms with Gasteiger partial charge in [-0.05, 0) is 37.6 Å². The highest BCUT2D eigenvalue weighted by Crippen LogP contribution is 2.16. The molecule has 1 N–H and O–H groups in total. The Morgan fingerprint density at radius 1 is 1.40 bits per heavy atom. The molecule has 1 unspecified atom stereocenters. The van der Waals surface area contributed by atoms with Gasteiger partial charge in [0.2, 0.25) is 0 Å². The molecule has 4 nitrogen and oxygen atoms in total. The van der Waals surface area contributed by atoms with Gasteiger partial charge in [-0.3, -0.25) is 0 Å². The smallest absolute Gasteiger partial charge is 0.157 e. The summed E-state index contributed by atoms with van der Waals surface area (Å²) in [5.41, 5.74) is 0.690. The van der Waals surface area contributed by atoms with Crippen LogP contribution in [0, 0.1) is 5.82 Å². The highest BCUT2D eigenvalue weighted by molar-refractivity contribution is 5.32. The lowest BCUT2D eigenvalue weighted by Gasteiger charge is -2.22. The maximum absolute atomic E-state index is 13.2. The van der Waals surface area contributed by atoms with Gasteiger partial charge in [-0.15, -0.1) is 0 Å². The van der Waals surface area contributed by atoms with Crippen molar-refractivity contribution in [1.82, 2.24) is 15.1 Å². The number of ether oxygens (including phenoxy) is 1. The van der Waals surface area contributed by atoms with Crippen molar-refractivity contribution in [3.05, 3.63) is 42.5 Å². The second-order valence-corrected chi connectivity index (χ2v) is 5.06. The Balaban J connectivity index is 1.61. The zero-order valence-corrected chi connectivity index (χ0v) is 11.3. The summed E-state index contributed by atoms with van der Waals surface area (Å²) < 4.78 is 20.5. The largest absolute Gasteiger partial charge is 0.489 e.